The van der Waals surface area contributed by atoms with Gasteiger partial charge in [-0.3, -0.25) is 4.79 Å². The van der Waals surface area contributed by atoms with Gasteiger partial charge in [0.15, 0.2) is 5.75 Å². The van der Waals surface area contributed by atoms with Gasteiger partial charge in [0.25, 0.3) is 5.56 Å². The molecule has 0 atom stereocenters. The number of benzene rings is 1. The zero-order chi connectivity index (χ0) is 11.5. The number of hydrogen-bond acceptors (Lipinski definition) is 2. The summed E-state index contributed by atoms with van der Waals surface area (Å²) in [5.74, 6) is -0.132. The molecule has 0 fully saturated rings. The highest BCUT2D eigenvalue weighted by Gasteiger charge is 2.10. The quantitative estimate of drug-likeness (QED) is 0.830. The van der Waals surface area contributed by atoms with Crippen molar-refractivity contribution < 1.29 is 5.11 Å². The lowest BCUT2D eigenvalue weighted by atomic mass is 10.0. The molecule has 1 aromatic heterocycles. The zero-order valence-corrected chi connectivity index (χ0v) is 9.29. The summed E-state index contributed by atoms with van der Waals surface area (Å²) in [5, 5.41) is 10.7. The average Bonchev–Trinajstić information content (AvgIpc) is 2.30. The van der Waals surface area contributed by atoms with Crippen LogP contribution in [0.1, 0.15) is 25.3 Å². The molecule has 0 bridgehead atoms. The van der Waals surface area contributed by atoms with E-state index >= 15 is 0 Å². The zero-order valence-electron chi connectivity index (χ0n) is 9.29. The number of hydrogen-bond donors (Lipinski definition) is 2. The Labute approximate surface area is 93.7 Å². The lowest BCUT2D eigenvalue weighted by molar-refractivity contribution is 0.460. The molecular formula is C13H15NO2. The third-order valence-corrected chi connectivity index (χ3v) is 2.78. The molecule has 2 N–H and O–H groups in total. The second-order valence-electron chi connectivity index (χ2n) is 3.93. The number of aryl methyl sites for hydroxylation is 1. The topological polar surface area (TPSA) is 53.1 Å². The number of aromatic nitrogens is 1. The van der Waals surface area contributed by atoms with Crippen molar-refractivity contribution in [1.29, 1.82) is 0 Å². The van der Waals surface area contributed by atoms with Crippen molar-refractivity contribution in [1.82, 2.24) is 4.98 Å². The highest BCUT2D eigenvalue weighted by molar-refractivity contribution is 5.83. The molecule has 16 heavy (non-hydrogen) atoms. The Morgan fingerprint density at radius 3 is 2.81 bits per heavy atom. The van der Waals surface area contributed by atoms with Gasteiger partial charge in [0, 0.05) is 16.5 Å². The minimum atomic E-state index is -0.398. The summed E-state index contributed by atoms with van der Waals surface area (Å²) in [4.78, 5) is 14.2. The Morgan fingerprint density at radius 2 is 2.06 bits per heavy atom. The number of rotatable bonds is 3. The van der Waals surface area contributed by atoms with Crippen LogP contribution in [0.3, 0.4) is 0 Å². The minimum Gasteiger partial charge on any atom is -0.503 e. The van der Waals surface area contributed by atoms with Crippen molar-refractivity contribution >= 4 is 10.9 Å². The number of para-hydroxylation sites is 1. The summed E-state index contributed by atoms with van der Waals surface area (Å²) in [6.07, 6.45) is 2.76. The molecule has 0 saturated carbocycles. The van der Waals surface area contributed by atoms with Crippen molar-refractivity contribution in [2.45, 2.75) is 26.2 Å². The molecule has 1 aromatic carbocycles. The van der Waals surface area contributed by atoms with Crippen molar-refractivity contribution in [2.24, 2.45) is 0 Å². The van der Waals surface area contributed by atoms with E-state index in [2.05, 4.69) is 11.9 Å². The fraction of sp³-hybridized carbons (Fsp3) is 0.308. The summed E-state index contributed by atoms with van der Waals surface area (Å²) >= 11 is 0. The molecule has 2 aromatic rings. The van der Waals surface area contributed by atoms with Crippen LogP contribution < -0.4 is 5.56 Å². The number of unbranched alkanes of at least 4 members (excludes halogenated alkanes) is 1. The maximum absolute atomic E-state index is 11.5. The summed E-state index contributed by atoms with van der Waals surface area (Å²) in [6, 6.07) is 7.57. The predicted molar refractivity (Wildman–Crippen MR) is 64.8 cm³/mol. The molecule has 0 aliphatic rings. The fourth-order valence-corrected chi connectivity index (χ4v) is 1.91. The molecule has 84 valence electrons. The SMILES string of the molecule is CCCCc1c(O)c(=O)[nH]c2ccccc12. The lowest BCUT2D eigenvalue weighted by Gasteiger charge is -2.07. The number of aromatic hydroxyl groups is 1. The number of pyridine rings is 1. The van der Waals surface area contributed by atoms with Crippen molar-refractivity contribution in [2.75, 3.05) is 0 Å². The van der Waals surface area contributed by atoms with E-state index in [0.717, 1.165) is 35.7 Å². The first-order chi connectivity index (χ1) is 7.74. The molecule has 0 radical (unpaired) electrons. The molecule has 1 heterocycles. The Bertz CT molecular complexity index is 557. The highest BCUT2D eigenvalue weighted by atomic mass is 16.3. The van der Waals surface area contributed by atoms with Gasteiger partial charge in [0.2, 0.25) is 0 Å². The fourth-order valence-electron chi connectivity index (χ4n) is 1.91. The molecule has 0 amide bonds. The van der Waals surface area contributed by atoms with Gasteiger partial charge >= 0.3 is 0 Å². The van der Waals surface area contributed by atoms with Gasteiger partial charge in [-0.2, -0.15) is 0 Å². The van der Waals surface area contributed by atoms with Crippen LogP contribution in [-0.2, 0) is 6.42 Å². The maximum Gasteiger partial charge on any atom is 0.290 e. The highest BCUT2D eigenvalue weighted by Crippen LogP contribution is 2.23. The van der Waals surface area contributed by atoms with Gasteiger partial charge in [-0.1, -0.05) is 31.5 Å². The molecule has 0 aliphatic carbocycles. The third-order valence-electron chi connectivity index (χ3n) is 2.78. The lowest BCUT2D eigenvalue weighted by Crippen LogP contribution is -2.08. The minimum absolute atomic E-state index is 0.132. The first-order valence-electron chi connectivity index (χ1n) is 5.57. The van der Waals surface area contributed by atoms with Crippen LogP contribution >= 0.6 is 0 Å². The van der Waals surface area contributed by atoms with Crippen LogP contribution in [0.15, 0.2) is 29.1 Å². The van der Waals surface area contributed by atoms with Crippen molar-refractivity contribution in [3.8, 4) is 5.75 Å². The Kier molecular flexibility index (Phi) is 2.95. The normalized spacial score (nSPS) is 10.8. The molecule has 0 spiro atoms. The van der Waals surface area contributed by atoms with Gasteiger partial charge in [0.05, 0.1) is 0 Å². The summed E-state index contributed by atoms with van der Waals surface area (Å²) in [7, 11) is 0. The smallest absolute Gasteiger partial charge is 0.290 e. The van der Waals surface area contributed by atoms with Gasteiger partial charge in [-0.05, 0) is 18.9 Å². The molecule has 3 nitrogen and oxygen atoms in total. The Hall–Kier alpha value is -1.77. The summed E-state index contributed by atoms with van der Waals surface area (Å²) < 4.78 is 0. The first-order valence-corrected chi connectivity index (χ1v) is 5.57. The van der Waals surface area contributed by atoms with Crippen LogP contribution in [-0.4, -0.2) is 10.1 Å². The maximum atomic E-state index is 11.5. The van der Waals surface area contributed by atoms with E-state index in [1.165, 1.54) is 0 Å². The van der Waals surface area contributed by atoms with Crippen LogP contribution in [0.25, 0.3) is 10.9 Å². The molecule has 2 rings (SSSR count). The number of aromatic amines is 1. The Morgan fingerprint density at radius 1 is 1.31 bits per heavy atom. The van der Waals surface area contributed by atoms with E-state index in [9.17, 15) is 9.90 Å². The Balaban J connectivity index is 2.66. The standard InChI is InChI=1S/C13H15NO2/c1-2-3-6-10-9-7-4-5-8-11(9)14-13(16)12(10)15/h4-5,7-8,15H,2-3,6H2,1H3,(H,14,16). The van der Waals surface area contributed by atoms with E-state index in [-0.39, 0.29) is 5.75 Å². The van der Waals surface area contributed by atoms with Crippen LogP contribution in [0.2, 0.25) is 0 Å². The summed E-state index contributed by atoms with van der Waals surface area (Å²) in [6.45, 7) is 2.09. The van der Waals surface area contributed by atoms with Crippen LogP contribution in [0.4, 0.5) is 0 Å². The van der Waals surface area contributed by atoms with Gasteiger partial charge in [-0.15, -0.1) is 0 Å². The van der Waals surface area contributed by atoms with Crippen molar-refractivity contribution in [3.63, 3.8) is 0 Å². The molecular weight excluding hydrogens is 202 g/mol. The van der Waals surface area contributed by atoms with E-state index in [0.29, 0.717) is 0 Å². The van der Waals surface area contributed by atoms with Crippen LogP contribution in [0.5, 0.6) is 5.75 Å². The second-order valence-corrected chi connectivity index (χ2v) is 3.93. The van der Waals surface area contributed by atoms with E-state index in [1.54, 1.807) is 0 Å². The molecule has 0 saturated heterocycles. The van der Waals surface area contributed by atoms with Gasteiger partial charge in [0.1, 0.15) is 0 Å². The molecule has 3 heteroatoms. The first kappa shape index (κ1) is 10.7. The third kappa shape index (κ3) is 1.81. The summed E-state index contributed by atoms with van der Waals surface area (Å²) in [5.41, 5.74) is 1.16. The van der Waals surface area contributed by atoms with E-state index in [4.69, 9.17) is 0 Å². The number of fused-ring (bicyclic) bond motifs is 1. The van der Waals surface area contributed by atoms with Crippen LogP contribution in [0, 0.1) is 0 Å². The number of H-pyrrole nitrogens is 1. The average molecular weight is 217 g/mol. The van der Waals surface area contributed by atoms with Crippen molar-refractivity contribution in [3.05, 3.63) is 40.2 Å². The van der Waals surface area contributed by atoms with Gasteiger partial charge in [-0.25, -0.2) is 0 Å². The largest absolute Gasteiger partial charge is 0.503 e. The molecule has 0 unspecified atom stereocenters. The number of nitrogens with one attached hydrogen (secondary N) is 1. The predicted octanol–water partition coefficient (Wildman–Crippen LogP) is 2.58. The van der Waals surface area contributed by atoms with Gasteiger partial charge < -0.3 is 10.1 Å². The van der Waals surface area contributed by atoms with E-state index < -0.39 is 5.56 Å². The second kappa shape index (κ2) is 4.39. The van der Waals surface area contributed by atoms with E-state index in [1.807, 2.05) is 24.3 Å². The molecule has 0 aliphatic heterocycles. The monoisotopic (exact) mass is 217 g/mol.